The van der Waals surface area contributed by atoms with E-state index < -0.39 is 0 Å². The Hall–Kier alpha value is -2.23. The van der Waals surface area contributed by atoms with E-state index in [1.807, 2.05) is 0 Å². The van der Waals surface area contributed by atoms with Gasteiger partial charge in [0.1, 0.15) is 12.3 Å². The van der Waals surface area contributed by atoms with Crippen molar-refractivity contribution in [3.63, 3.8) is 0 Å². The number of nitrogens with zero attached hydrogens (tertiary/aromatic N) is 2. The highest BCUT2D eigenvalue weighted by Crippen LogP contribution is 2.15. The van der Waals surface area contributed by atoms with Gasteiger partial charge in [-0.2, -0.15) is 5.10 Å². The molecule has 10 heteroatoms. The first-order valence-electron chi connectivity index (χ1n) is 7.72. The first-order valence-corrected chi connectivity index (χ1v) is 8.88. The lowest BCUT2D eigenvalue weighted by Crippen LogP contribution is -2.37. The van der Waals surface area contributed by atoms with Crippen molar-refractivity contribution in [1.82, 2.24) is 15.1 Å². The van der Waals surface area contributed by atoms with Gasteiger partial charge in [-0.1, -0.05) is 0 Å². The zero-order chi connectivity index (χ0) is 17.6. The maximum absolute atomic E-state index is 12.1. The second-order valence-electron chi connectivity index (χ2n) is 5.46. The van der Waals surface area contributed by atoms with Gasteiger partial charge in [0, 0.05) is 23.5 Å². The molecule has 2 amide bonds. The van der Waals surface area contributed by atoms with Crippen LogP contribution in [0.2, 0.25) is 0 Å². The molecule has 0 bridgehead atoms. The number of amides is 2. The summed E-state index contributed by atoms with van der Waals surface area (Å²) in [5.41, 5.74) is 1.25. The van der Waals surface area contributed by atoms with Gasteiger partial charge in [-0.15, -0.1) is 24.2 Å². The van der Waals surface area contributed by atoms with Gasteiger partial charge in [0.2, 0.25) is 11.8 Å². The monoisotopic (exact) mass is 397 g/mol. The average molecular weight is 398 g/mol. The molecule has 1 unspecified atom stereocenters. The predicted octanol–water partition coefficient (Wildman–Crippen LogP) is 1.55. The Kier molecular flexibility index (Phi) is 7.31. The molecule has 0 saturated carbocycles. The SMILES string of the molecule is COc1ccc(NC(=O)Cn2cc(NC(=O)C3CSCN3)cn2)cc1.Cl. The van der Waals surface area contributed by atoms with Gasteiger partial charge in [0.15, 0.2) is 0 Å². The smallest absolute Gasteiger partial charge is 0.246 e. The van der Waals surface area contributed by atoms with Crippen LogP contribution in [0.3, 0.4) is 0 Å². The number of nitrogens with one attached hydrogen (secondary N) is 3. The number of benzene rings is 1. The number of carbonyl (C=O) groups is 2. The van der Waals surface area contributed by atoms with Gasteiger partial charge in [-0.3, -0.25) is 19.6 Å². The summed E-state index contributed by atoms with van der Waals surface area (Å²) in [6, 6.07) is 6.88. The van der Waals surface area contributed by atoms with E-state index in [-0.39, 0.29) is 36.8 Å². The number of hydrogen-bond acceptors (Lipinski definition) is 6. The number of aromatic nitrogens is 2. The van der Waals surface area contributed by atoms with Crippen molar-refractivity contribution in [3.8, 4) is 5.75 Å². The topological polar surface area (TPSA) is 97.3 Å². The fourth-order valence-corrected chi connectivity index (χ4v) is 3.27. The summed E-state index contributed by atoms with van der Waals surface area (Å²) in [5, 5.41) is 12.8. The predicted molar refractivity (Wildman–Crippen MR) is 104 cm³/mol. The Morgan fingerprint density at radius 3 is 2.73 bits per heavy atom. The van der Waals surface area contributed by atoms with E-state index in [0.29, 0.717) is 11.4 Å². The van der Waals surface area contributed by atoms with E-state index >= 15 is 0 Å². The third-order valence-corrected chi connectivity index (χ3v) is 4.55. The number of ether oxygens (including phenoxy) is 1. The van der Waals surface area contributed by atoms with Gasteiger partial charge in [-0.25, -0.2) is 0 Å². The molecule has 1 aliphatic rings. The molecule has 1 aromatic carbocycles. The van der Waals surface area contributed by atoms with Crippen molar-refractivity contribution < 1.29 is 14.3 Å². The molecule has 1 atom stereocenters. The lowest BCUT2D eigenvalue weighted by Gasteiger charge is -2.08. The fraction of sp³-hybridized carbons (Fsp3) is 0.312. The molecule has 8 nitrogen and oxygen atoms in total. The van der Waals surface area contributed by atoms with Gasteiger partial charge < -0.3 is 15.4 Å². The van der Waals surface area contributed by atoms with Crippen molar-refractivity contribution in [3.05, 3.63) is 36.7 Å². The minimum atomic E-state index is -0.208. The first kappa shape index (κ1) is 20.1. The fourth-order valence-electron chi connectivity index (χ4n) is 2.33. The Labute approximate surface area is 161 Å². The molecule has 0 radical (unpaired) electrons. The molecule has 26 heavy (non-hydrogen) atoms. The Bertz CT molecular complexity index is 747. The second-order valence-corrected chi connectivity index (χ2v) is 6.49. The van der Waals surface area contributed by atoms with Crippen molar-refractivity contribution >= 4 is 47.4 Å². The van der Waals surface area contributed by atoms with Crippen LogP contribution in [0.25, 0.3) is 0 Å². The number of hydrogen-bond donors (Lipinski definition) is 3. The van der Waals surface area contributed by atoms with Gasteiger partial charge in [0.25, 0.3) is 0 Å². The Morgan fingerprint density at radius 1 is 1.31 bits per heavy atom. The molecule has 140 valence electrons. The number of halogens is 1. The van der Waals surface area contributed by atoms with E-state index in [1.54, 1.807) is 49.3 Å². The number of methoxy groups -OCH3 is 1. The average Bonchev–Trinajstić information content (AvgIpc) is 3.27. The van der Waals surface area contributed by atoms with Gasteiger partial charge in [0.05, 0.1) is 25.0 Å². The lowest BCUT2D eigenvalue weighted by molar-refractivity contribution is -0.117. The molecule has 3 rings (SSSR count). The highest BCUT2D eigenvalue weighted by molar-refractivity contribution is 7.99. The van der Waals surface area contributed by atoms with Gasteiger partial charge in [-0.05, 0) is 24.3 Å². The van der Waals surface area contributed by atoms with Crippen molar-refractivity contribution in [1.29, 1.82) is 0 Å². The van der Waals surface area contributed by atoms with Crippen LogP contribution >= 0.6 is 24.2 Å². The molecule has 2 aromatic rings. The molecule has 0 spiro atoms. The molecule has 1 saturated heterocycles. The lowest BCUT2D eigenvalue weighted by atomic mass is 10.3. The number of anilines is 2. The van der Waals surface area contributed by atoms with E-state index in [4.69, 9.17) is 4.74 Å². The summed E-state index contributed by atoms with van der Waals surface area (Å²) in [6.45, 7) is 0.0550. The first-order chi connectivity index (χ1) is 12.1. The highest BCUT2D eigenvalue weighted by atomic mass is 35.5. The van der Waals surface area contributed by atoms with Crippen LogP contribution in [-0.4, -0.2) is 46.4 Å². The summed E-state index contributed by atoms with van der Waals surface area (Å²) in [6.07, 6.45) is 3.16. The van der Waals surface area contributed by atoms with Crippen LogP contribution in [0.4, 0.5) is 11.4 Å². The molecular formula is C16H20ClN5O3S. The molecule has 1 aliphatic heterocycles. The van der Waals surface area contributed by atoms with Crippen LogP contribution in [0, 0.1) is 0 Å². The minimum Gasteiger partial charge on any atom is -0.497 e. The van der Waals surface area contributed by atoms with Crippen molar-refractivity contribution in [2.45, 2.75) is 12.6 Å². The summed E-state index contributed by atoms with van der Waals surface area (Å²) in [7, 11) is 1.59. The van der Waals surface area contributed by atoms with Crippen LogP contribution in [0.1, 0.15) is 0 Å². The number of rotatable bonds is 6. The molecular weight excluding hydrogens is 378 g/mol. The highest BCUT2D eigenvalue weighted by Gasteiger charge is 2.22. The van der Waals surface area contributed by atoms with Crippen LogP contribution in [0.15, 0.2) is 36.7 Å². The largest absolute Gasteiger partial charge is 0.497 e. The third-order valence-electron chi connectivity index (χ3n) is 3.61. The van der Waals surface area contributed by atoms with Gasteiger partial charge >= 0.3 is 0 Å². The second kappa shape index (κ2) is 9.46. The molecule has 0 aliphatic carbocycles. The van der Waals surface area contributed by atoms with Crippen LogP contribution in [0.5, 0.6) is 5.75 Å². The van der Waals surface area contributed by atoms with E-state index in [0.717, 1.165) is 17.4 Å². The van der Waals surface area contributed by atoms with E-state index in [1.165, 1.54) is 10.9 Å². The van der Waals surface area contributed by atoms with Crippen molar-refractivity contribution in [2.24, 2.45) is 0 Å². The Balaban J connectivity index is 0.00000243. The standard InChI is InChI=1S/C16H19N5O3S.ClH/c1-24-13-4-2-11(3-5-13)19-15(22)8-21-7-12(6-18-21)20-16(23)14-9-25-10-17-14;/h2-7,14,17H,8-10H2,1H3,(H,19,22)(H,20,23);1H. The zero-order valence-electron chi connectivity index (χ0n) is 14.1. The Morgan fingerprint density at radius 2 is 2.08 bits per heavy atom. The molecule has 3 N–H and O–H groups in total. The van der Waals surface area contributed by atoms with E-state index in [9.17, 15) is 9.59 Å². The zero-order valence-corrected chi connectivity index (χ0v) is 15.7. The maximum Gasteiger partial charge on any atom is 0.246 e. The van der Waals surface area contributed by atoms with Crippen molar-refractivity contribution in [2.75, 3.05) is 29.4 Å². The third kappa shape index (κ3) is 5.38. The number of thioether (sulfide) groups is 1. The summed E-state index contributed by atoms with van der Waals surface area (Å²) >= 11 is 1.68. The van der Waals surface area contributed by atoms with Crippen LogP contribution < -0.4 is 20.7 Å². The maximum atomic E-state index is 12.1. The normalized spacial score (nSPS) is 15.8. The van der Waals surface area contributed by atoms with Crippen LogP contribution in [-0.2, 0) is 16.1 Å². The quantitative estimate of drug-likeness (QED) is 0.684. The summed E-state index contributed by atoms with van der Waals surface area (Å²) < 4.78 is 6.55. The molecule has 2 heterocycles. The van der Waals surface area contributed by atoms with E-state index in [2.05, 4.69) is 21.0 Å². The summed E-state index contributed by atoms with van der Waals surface area (Å²) in [4.78, 5) is 24.1. The summed E-state index contributed by atoms with van der Waals surface area (Å²) in [5.74, 6) is 1.96. The molecule has 1 fully saturated rings. The molecule has 1 aromatic heterocycles. The number of carbonyl (C=O) groups excluding carboxylic acids is 2. The minimum absolute atomic E-state index is 0.